The van der Waals surface area contributed by atoms with E-state index in [1.54, 1.807) is 12.3 Å². The van der Waals surface area contributed by atoms with Crippen LogP contribution in [0.4, 0.5) is 5.69 Å². The number of hydrogen-bond donors (Lipinski definition) is 2. The molecule has 5 heterocycles. The van der Waals surface area contributed by atoms with Crippen molar-refractivity contribution in [2.75, 3.05) is 64.3 Å². The number of aromatic amines is 1. The molecule has 5 rings (SSSR count). The number of piperazine rings is 2. The first-order valence-electron chi connectivity index (χ1n) is 12.7. The third-order valence-electron chi connectivity index (χ3n) is 7.09. The molecule has 36 heavy (non-hydrogen) atoms. The van der Waals surface area contributed by atoms with Gasteiger partial charge in [0.2, 0.25) is 0 Å². The summed E-state index contributed by atoms with van der Waals surface area (Å²) < 4.78 is 0. The van der Waals surface area contributed by atoms with E-state index in [0.717, 1.165) is 86.8 Å². The van der Waals surface area contributed by atoms with Crippen molar-refractivity contribution in [3.63, 3.8) is 0 Å². The van der Waals surface area contributed by atoms with Gasteiger partial charge in [-0.2, -0.15) is 0 Å². The van der Waals surface area contributed by atoms with Crippen molar-refractivity contribution in [3.8, 4) is 0 Å². The Labute approximate surface area is 210 Å². The fourth-order valence-corrected chi connectivity index (χ4v) is 4.76. The standard InChI is InChI=1S/C26H34N8O2/c1-3-20-15-23-24(29-25(20)35)14-19(16-27-23)18-32-8-10-33(11-9-32)21-4-5-22(28-17-21)26(36)30-34-12-6-31(2)7-13-34/h4-5,14-17H,3,6-13,18H2,1-2H3,(H,29,35)(H,30,36). The summed E-state index contributed by atoms with van der Waals surface area (Å²) in [6.07, 6.45) is 4.39. The number of nitrogens with zero attached hydrogens (tertiary/aromatic N) is 6. The molecule has 0 bridgehead atoms. The molecule has 0 aromatic carbocycles. The molecule has 0 atom stereocenters. The maximum Gasteiger partial charge on any atom is 0.284 e. The number of nitrogens with one attached hydrogen (secondary N) is 2. The van der Waals surface area contributed by atoms with Crippen LogP contribution < -0.4 is 15.9 Å². The Morgan fingerprint density at radius 3 is 2.47 bits per heavy atom. The van der Waals surface area contributed by atoms with Crippen molar-refractivity contribution in [1.82, 2.24) is 35.2 Å². The molecule has 0 unspecified atom stereocenters. The lowest BCUT2D eigenvalue weighted by atomic mass is 10.1. The van der Waals surface area contributed by atoms with Gasteiger partial charge in [-0.15, -0.1) is 0 Å². The number of likely N-dealkylation sites (N-methyl/N-ethyl adjacent to an activating group) is 1. The van der Waals surface area contributed by atoms with E-state index in [2.05, 4.69) is 42.1 Å². The Kier molecular flexibility index (Phi) is 7.26. The maximum atomic E-state index is 12.6. The number of aromatic nitrogens is 3. The molecule has 10 nitrogen and oxygen atoms in total. The van der Waals surface area contributed by atoms with Gasteiger partial charge in [0.1, 0.15) is 5.69 Å². The summed E-state index contributed by atoms with van der Waals surface area (Å²) in [5.74, 6) is -0.160. The van der Waals surface area contributed by atoms with Crippen LogP contribution in [0.2, 0.25) is 0 Å². The SMILES string of the molecule is CCc1cc2ncc(CN3CCN(c4ccc(C(=O)NN5CCN(C)CC5)nc4)CC3)cc2[nH]c1=O. The quantitative estimate of drug-likeness (QED) is 0.530. The lowest BCUT2D eigenvalue weighted by molar-refractivity contribution is 0.0658. The minimum atomic E-state index is -0.160. The molecule has 2 N–H and O–H groups in total. The van der Waals surface area contributed by atoms with Gasteiger partial charge in [-0.1, -0.05) is 6.92 Å². The van der Waals surface area contributed by atoms with Gasteiger partial charge in [0.15, 0.2) is 0 Å². The van der Waals surface area contributed by atoms with Gasteiger partial charge in [-0.25, -0.2) is 9.99 Å². The monoisotopic (exact) mass is 490 g/mol. The van der Waals surface area contributed by atoms with E-state index in [9.17, 15) is 9.59 Å². The Morgan fingerprint density at radius 2 is 1.78 bits per heavy atom. The van der Waals surface area contributed by atoms with Crippen LogP contribution in [-0.4, -0.2) is 95.1 Å². The minimum absolute atomic E-state index is 0.0333. The average molecular weight is 491 g/mol. The lowest BCUT2D eigenvalue weighted by Gasteiger charge is -2.36. The van der Waals surface area contributed by atoms with Crippen molar-refractivity contribution in [3.05, 3.63) is 63.8 Å². The Balaban J connectivity index is 1.14. The second kappa shape index (κ2) is 10.7. The molecule has 3 aromatic heterocycles. The van der Waals surface area contributed by atoms with Crippen molar-refractivity contribution in [2.45, 2.75) is 19.9 Å². The van der Waals surface area contributed by atoms with Gasteiger partial charge in [-0.05, 0) is 43.3 Å². The number of aryl methyl sites for hydroxylation is 1. The second-order valence-electron chi connectivity index (χ2n) is 9.65. The Hall–Kier alpha value is -3.34. The first-order chi connectivity index (χ1) is 17.5. The van der Waals surface area contributed by atoms with Gasteiger partial charge in [0.25, 0.3) is 11.5 Å². The predicted octanol–water partition coefficient (Wildman–Crippen LogP) is 1.09. The highest BCUT2D eigenvalue weighted by atomic mass is 16.2. The maximum absolute atomic E-state index is 12.6. The zero-order valence-corrected chi connectivity index (χ0v) is 21.0. The zero-order valence-electron chi connectivity index (χ0n) is 21.0. The number of rotatable bonds is 6. The van der Waals surface area contributed by atoms with Crippen LogP contribution in [0, 0.1) is 0 Å². The molecule has 0 saturated carbocycles. The third-order valence-corrected chi connectivity index (χ3v) is 7.09. The van der Waals surface area contributed by atoms with E-state index in [4.69, 9.17) is 0 Å². The molecule has 0 radical (unpaired) electrons. The molecular weight excluding hydrogens is 456 g/mol. The van der Waals surface area contributed by atoms with Gasteiger partial charge in [0, 0.05) is 70.7 Å². The van der Waals surface area contributed by atoms with Crippen LogP contribution >= 0.6 is 0 Å². The van der Waals surface area contributed by atoms with E-state index >= 15 is 0 Å². The van der Waals surface area contributed by atoms with Gasteiger partial charge < -0.3 is 14.8 Å². The predicted molar refractivity (Wildman–Crippen MR) is 140 cm³/mol. The first-order valence-corrected chi connectivity index (χ1v) is 12.7. The van der Waals surface area contributed by atoms with Crippen molar-refractivity contribution < 1.29 is 4.79 Å². The number of amides is 1. The number of carbonyl (C=O) groups excluding carboxylic acids is 1. The Bertz CT molecular complexity index is 1260. The van der Waals surface area contributed by atoms with Crippen LogP contribution in [0.3, 0.4) is 0 Å². The summed E-state index contributed by atoms with van der Waals surface area (Å²) in [5, 5.41) is 1.96. The summed E-state index contributed by atoms with van der Waals surface area (Å²) in [6.45, 7) is 9.86. The number of carbonyl (C=O) groups is 1. The van der Waals surface area contributed by atoms with E-state index in [1.807, 2.05) is 36.3 Å². The summed E-state index contributed by atoms with van der Waals surface area (Å²) in [7, 11) is 2.09. The highest BCUT2D eigenvalue weighted by Crippen LogP contribution is 2.18. The smallest absolute Gasteiger partial charge is 0.284 e. The number of fused-ring (bicyclic) bond motifs is 1. The summed E-state index contributed by atoms with van der Waals surface area (Å²) in [5.41, 5.74) is 7.86. The highest BCUT2D eigenvalue weighted by molar-refractivity contribution is 5.92. The number of hydrogen-bond acceptors (Lipinski definition) is 8. The second-order valence-corrected chi connectivity index (χ2v) is 9.65. The van der Waals surface area contributed by atoms with Crippen LogP contribution in [0.1, 0.15) is 28.5 Å². The molecule has 10 heteroatoms. The number of pyridine rings is 3. The first kappa shape index (κ1) is 24.4. The van der Waals surface area contributed by atoms with Crippen LogP contribution in [0.5, 0.6) is 0 Å². The van der Waals surface area contributed by atoms with Gasteiger partial charge >= 0.3 is 0 Å². The normalized spacial score (nSPS) is 18.0. The number of hydrazine groups is 1. The van der Waals surface area contributed by atoms with Crippen LogP contribution in [-0.2, 0) is 13.0 Å². The van der Waals surface area contributed by atoms with Crippen molar-refractivity contribution in [2.24, 2.45) is 0 Å². The van der Waals surface area contributed by atoms with Crippen LogP contribution in [0.25, 0.3) is 11.0 Å². The molecule has 2 aliphatic heterocycles. The van der Waals surface area contributed by atoms with E-state index in [-0.39, 0.29) is 11.5 Å². The van der Waals surface area contributed by atoms with E-state index < -0.39 is 0 Å². The van der Waals surface area contributed by atoms with E-state index in [1.165, 1.54) is 0 Å². The fourth-order valence-electron chi connectivity index (χ4n) is 4.76. The molecule has 2 aliphatic rings. The van der Waals surface area contributed by atoms with Gasteiger partial charge in [-0.3, -0.25) is 24.9 Å². The summed E-state index contributed by atoms with van der Waals surface area (Å²) in [6, 6.07) is 7.70. The molecule has 2 saturated heterocycles. The lowest BCUT2D eigenvalue weighted by Crippen LogP contribution is -2.52. The summed E-state index contributed by atoms with van der Waals surface area (Å²) in [4.78, 5) is 43.6. The highest BCUT2D eigenvalue weighted by Gasteiger charge is 2.20. The van der Waals surface area contributed by atoms with Crippen molar-refractivity contribution >= 4 is 22.6 Å². The largest absolute Gasteiger partial charge is 0.368 e. The van der Waals surface area contributed by atoms with Crippen molar-refractivity contribution in [1.29, 1.82) is 0 Å². The molecule has 0 aliphatic carbocycles. The molecule has 3 aromatic rings. The molecule has 0 spiro atoms. The van der Waals surface area contributed by atoms with Gasteiger partial charge in [0.05, 0.1) is 22.9 Å². The fraction of sp³-hybridized carbons (Fsp3) is 0.462. The Morgan fingerprint density at radius 1 is 1.00 bits per heavy atom. The third kappa shape index (κ3) is 5.56. The molecular formula is C26H34N8O2. The number of anilines is 1. The summed E-state index contributed by atoms with van der Waals surface area (Å²) >= 11 is 0. The van der Waals surface area contributed by atoms with Crippen LogP contribution in [0.15, 0.2) is 41.5 Å². The topological polar surface area (TPSA) is 101 Å². The number of H-pyrrole nitrogens is 1. The zero-order chi connectivity index (χ0) is 25.1. The van der Waals surface area contributed by atoms with E-state index in [0.29, 0.717) is 12.1 Å². The minimum Gasteiger partial charge on any atom is -0.368 e. The molecule has 1 amide bonds. The molecule has 2 fully saturated rings. The molecule has 190 valence electrons. The average Bonchev–Trinajstić information content (AvgIpc) is 2.90.